The van der Waals surface area contributed by atoms with Crippen LogP contribution in [0, 0.1) is 0 Å². The molecule has 0 amide bonds. The van der Waals surface area contributed by atoms with E-state index in [2.05, 4.69) is 11.3 Å². The maximum atomic E-state index is 11.6. The third kappa shape index (κ3) is 5.32. The first-order valence-corrected chi connectivity index (χ1v) is 2.86. The van der Waals surface area contributed by atoms with Gasteiger partial charge in [-0.15, -0.1) is 0 Å². The highest BCUT2D eigenvalue weighted by atomic mass is 19.3. The van der Waals surface area contributed by atoms with E-state index in [4.69, 9.17) is 5.11 Å². The molecule has 1 unspecified atom stereocenters. The van der Waals surface area contributed by atoms with Gasteiger partial charge in [-0.25, -0.2) is 13.6 Å². The predicted molar refractivity (Wildman–Crippen MR) is 33.7 cm³/mol. The van der Waals surface area contributed by atoms with Crippen molar-refractivity contribution in [1.82, 2.24) is 0 Å². The number of hydrogen-bond donors (Lipinski definition) is 1. The Morgan fingerprint density at radius 1 is 1.73 bits per heavy atom. The molecule has 0 saturated carbocycles. The van der Waals surface area contributed by atoms with E-state index >= 15 is 0 Å². The minimum Gasteiger partial charge on any atom is -0.450 e. The summed E-state index contributed by atoms with van der Waals surface area (Å²) < 4.78 is 27.2. The summed E-state index contributed by atoms with van der Waals surface area (Å²) in [5.74, 6) is 0. The van der Waals surface area contributed by atoms with E-state index in [0.29, 0.717) is 0 Å². The van der Waals surface area contributed by atoms with Crippen LogP contribution in [0.25, 0.3) is 0 Å². The molecule has 0 aliphatic rings. The lowest BCUT2D eigenvalue weighted by Gasteiger charge is -2.09. The smallest absolute Gasteiger partial charge is 0.450 e. The zero-order chi connectivity index (χ0) is 8.85. The molecule has 64 valence electrons. The van der Waals surface area contributed by atoms with Gasteiger partial charge in [0.2, 0.25) is 6.43 Å². The molecule has 0 rings (SSSR count). The topological polar surface area (TPSA) is 46.5 Å². The van der Waals surface area contributed by atoms with Gasteiger partial charge < -0.3 is 9.84 Å². The van der Waals surface area contributed by atoms with Gasteiger partial charge in [-0.2, -0.15) is 0 Å². The van der Waals surface area contributed by atoms with E-state index in [1.807, 2.05) is 0 Å². The van der Waals surface area contributed by atoms with Crippen molar-refractivity contribution in [3.8, 4) is 0 Å². The number of halogens is 2. The van der Waals surface area contributed by atoms with Gasteiger partial charge >= 0.3 is 6.16 Å². The molecule has 1 N–H and O–H groups in total. The van der Waals surface area contributed by atoms with E-state index in [9.17, 15) is 13.6 Å². The van der Waals surface area contributed by atoms with Gasteiger partial charge in [0.05, 0.1) is 0 Å². The molecule has 0 saturated heterocycles. The van der Waals surface area contributed by atoms with Crippen molar-refractivity contribution < 1.29 is 23.4 Å². The normalized spacial score (nSPS) is 12.6. The van der Waals surface area contributed by atoms with E-state index in [0.717, 1.165) is 6.08 Å². The van der Waals surface area contributed by atoms with Crippen LogP contribution in [0.1, 0.15) is 6.42 Å². The molecule has 0 fully saturated rings. The average molecular weight is 166 g/mol. The third-order valence-corrected chi connectivity index (χ3v) is 0.926. The molecule has 3 nitrogen and oxygen atoms in total. The van der Waals surface area contributed by atoms with Crippen LogP contribution < -0.4 is 0 Å². The molecule has 0 radical (unpaired) electrons. The third-order valence-electron chi connectivity index (χ3n) is 0.926. The summed E-state index contributed by atoms with van der Waals surface area (Å²) in [7, 11) is 0. The molecule has 0 bridgehead atoms. The van der Waals surface area contributed by atoms with Crippen molar-refractivity contribution in [2.75, 3.05) is 0 Å². The van der Waals surface area contributed by atoms with Gasteiger partial charge in [-0.05, 0) is 0 Å². The first-order chi connectivity index (χ1) is 5.06. The van der Waals surface area contributed by atoms with Gasteiger partial charge in [0.25, 0.3) is 0 Å². The fourth-order valence-corrected chi connectivity index (χ4v) is 0.498. The van der Waals surface area contributed by atoms with Gasteiger partial charge in [0, 0.05) is 6.42 Å². The van der Waals surface area contributed by atoms with Gasteiger partial charge in [-0.3, -0.25) is 0 Å². The molecule has 0 aromatic carbocycles. The second-order valence-electron chi connectivity index (χ2n) is 1.78. The summed E-state index contributed by atoms with van der Waals surface area (Å²) in [6, 6.07) is 0. The number of alkyl halides is 2. The highest BCUT2D eigenvalue weighted by Crippen LogP contribution is 2.08. The van der Waals surface area contributed by atoms with Crippen molar-refractivity contribution in [1.29, 1.82) is 0 Å². The van der Waals surface area contributed by atoms with Crippen molar-refractivity contribution >= 4 is 6.16 Å². The lowest BCUT2D eigenvalue weighted by atomic mass is 10.2. The van der Waals surface area contributed by atoms with Crippen LogP contribution in [0.2, 0.25) is 0 Å². The van der Waals surface area contributed by atoms with Crippen LogP contribution in [-0.2, 0) is 4.74 Å². The minimum atomic E-state index is -2.59. The second-order valence-corrected chi connectivity index (χ2v) is 1.78. The van der Waals surface area contributed by atoms with Crippen LogP contribution in [0.4, 0.5) is 13.6 Å². The Morgan fingerprint density at radius 2 is 2.27 bits per heavy atom. The summed E-state index contributed by atoms with van der Waals surface area (Å²) in [6.45, 7) is 3.15. The number of ether oxygens (including phenoxy) is 1. The number of carboxylic acid groups (broad SMARTS) is 1. The fraction of sp³-hybridized carbons (Fsp3) is 0.500. The highest BCUT2D eigenvalue weighted by Gasteiger charge is 2.15. The first kappa shape index (κ1) is 9.87. The zero-order valence-corrected chi connectivity index (χ0v) is 5.67. The first-order valence-electron chi connectivity index (χ1n) is 2.86. The Bertz CT molecular complexity index is 147. The van der Waals surface area contributed by atoms with Gasteiger partial charge in [0.15, 0.2) is 0 Å². The van der Waals surface area contributed by atoms with Crippen LogP contribution in [0.5, 0.6) is 0 Å². The summed E-state index contributed by atoms with van der Waals surface area (Å²) in [5, 5.41) is 8.01. The summed E-state index contributed by atoms with van der Waals surface area (Å²) in [6.07, 6.45) is -4.89. The molecular weight excluding hydrogens is 158 g/mol. The molecule has 0 aliphatic heterocycles. The van der Waals surface area contributed by atoms with E-state index in [1.54, 1.807) is 0 Å². The molecule has 0 aromatic heterocycles. The van der Waals surface area contributed by atoms with Gasteiger partial charge in [-0.1, -0.05) is 12.7 Å². The molecule has 0 aliphatic carbocycles. The lowest BCUT2D eigenvalue weighted by Crippen LogP contribution is -2.17. The molecular formula is C6H8F2O3. The van der Waals surface area contributed by atoms with Crippen LogP contribution >= 0.6 is 0 Å². The molecule has 1 atom stereocenters. The van der Waals surface area contributed by atoms with E-state index in [1.165, 1.54) is 0 Å². The Hall–Kier alpha value is -1.13. The summed E-state index contributed by atoms with van der Waals surface area (Å²) in [4.78, 5) is 9.84. The van der Waals surface area contributed by atoms with Crippen LogP contribution in [-0.4, -0.2) is 23.8 Å². The second kappa shape index (κ2) is 4.65. The molecule has 5 heteroatoms. The Labute approximate surface area is 62.3 Å². The number of rotatable bonds is 4. The van der Waals surface area contributed by atoms with Crippen molar-refractivity contribution in [3.05, 3.63) is 12.7 Å². The van der Waals surface area contributed by atoms with Gasteiger partial charge in [0.1, 0.15) is 6.10 Å². The highest BCUT2D eigenvalue weighted by molar-refractivity contribution is 5.57. The predicted octanol–water partition coefficient (Wildman–Crippen LogP) is 1.89. The SMILES string of the molecule is C=CC(CC(F)F)OC(=O)O. The summed E-state index contributed by atoms with van der Waals surface area (Å²) >= 11 is 0. The van der Waals surface area contributed by atoms with Crippen molar-refractivity contribution in [2.24, 2.45) is 0 Å². The lowest BCUT2D eigenvalue weighted by molar-refractivity contribution is 0.0349. The Kier molecular flexibility index (Phi) is 4.17. The maximum Gasteiger partial charge on any atom is 0.506 e. The van der Waals surface area contributed by atoms with Crippen LogP contribution in [0.3, 0.4) is 0 Å². The van der Waals surface area contributed by atoms with E-state index < -0.39 is 25.1 Å². The largest absolute Gasteiger partial charge is 0.506 e. The number of hydrogen-bond acceptors (Lipinski definition) is 2. The van der Waals surface area contributed by atoms with E-state index in [-0.39, 0.29) is 0 Å². The fourth-order valence-electron chi connectivity index (χ4n) is 0.498. The minimum absolute atomic E-state index is 0.643. The molecule has 11 heavy (non-hydrogen) atoms. The quantitative estimate of drug-likeness (QED) is 0.512. The average Bonchev–Trinajstić information content (AvgIpc) is 1.84. The Morgan fingerprint density at radius 3 is 2.55 bits per heavy atom. The maximum absolute atomic E-state index is 11.6. The Balaban J connectivity index is 3.76. The molecule has 0 aromatic rings. The number of carbonyl (C=O) groups is 1. The summed E-state index contributed by atoms with van der Waals surface area (Å²) in [5.41, 5.74) is 0. The zero-order valence-electron chi connectivity index (χ0n) is 5.67. The van der Waals surface area contributed by atoms with Crippen molar-refractivity contribution in [3.63, 3.8) is 0 Å². The standard InChI is InChI=1S/C6H8F2O3/c1-2-4(3-5(7)8)11-6(9)10/h2,4-5H,1,3H2,(H,9,10). The van der Waals surface area contributed by atoms with Crippen LogP contribution in [0.15, 0.2) is 12.7 Å². The van der Waals surface area contributed by atoms with Crippen molar-refractivity contribution in [2.45, 2.75) is 19.0 Å². The monoisotopic (exact) mass is 166 g/mol. The molecule has 0 heterocycles. The molecule has 0 spiro atoms.